The van der Waals surface area contributed by atoms with E-state index in [1.54, 1.807) is 18.2 Å². The lowest BCUT2D eigenvalue weighted by Gasteiger charge is -2.37. The number of amides is 1. The Balaban J connectivity index is 2.05. The lowest BCUT2D eigenvalue weighted by molar-refractivity contribution is -0.122. The van der Waals surface area contributed by atoms with Crippen molar-refractivity contribution in [3.05, 3.63) is 35.0 Å². The van der Waals surface area contributed by atoms with Crippen LogP contribution >= 0.6 is 0 Å². The highest BCUT2D eigenvalue weighted by atomic mass is 16.5. The number of phenols is 1. The fourth-order valence-electron chi connectivity index (χ4n) is 3.66. The fraction of sp³-hybridized carbons (Fsp3) is 0.474. The van der Waals surface area contributed by atoms with Crippen molar-refractivity contribution in [2.45, 2.75) is 46.0 Å². The zero-order chi connectivity index (χ0) is 17.5. The molecule has 3 rings (SSSR count). The summed E-state index contributed by atoms with van der Waals surface area (Å²) < 4.78 is 5.44. The van der Waals surface area contributed by atoms with Gasteiger partial charge in [0.15, 0.2) is 17.3 Å². The molecule has 0 spiro atoms. The van der Waals surface area contributed by atoms with Crippen molar-refractivity contribution in [3.63, 3.8) is 0 Å². The van der Waals surface area contributed by atoms with Crippen LogP contribution < -0.4 is 10.1 Å². The Morgan fingerprint density at radius 2 is 2.04 bits per heavy atom. The first-order chi connectivity index (χ1) is 11.3. The van der Waals surface area contributed by atoms with Gasteiger partial charge in [-0.1, -0.05) is 19.9 Å². The van der Waals surface area contributed by atoms with Gasteiger partial charge in [0.2, 0.25) is 5.91 Å². The number of phenolic OH excluding ortho intramolecular Hbond substituents is 1. The molecule has 1 atom stereocenters. The summed E-state index contributed by atoms with van der Waals surface area (Å²) in [5.74, 6) is 0.183. The second-order valence-corrected chi connectivity index (χ2v) is 7.30. The summed E-state index contributed by atoms with van der Waals surface area (Å²) in [6, 6.07) is 5.06. The molecule has 1 unspecified atom stereocenters. The normalized spacial score (nSPS) is 22.9. The third-order valence-corrected chi connectivity index (χ3v) is 4.63. The summed E-state index contributed by atoms with van der Waals surface area (Å²) in [6.45, 7) is 6.35. The molecule has 5 heteroatoms. The Hall–Kier alpha value is -2.30. The van der Waals surface area contributed by atoms with Crippen molar-refractivity contribution in [3.8, 4) is 11.5 Å². The number of ether oxygens (including phenoxy) is 1. The van der Waals surface area contributed by atoms with Gasteiger partial charge in [-0.3, -0.25) is 9.59 Å². The van der Waals surface area contributed by atoms with Gasteiger partial charge in [0.05, 0.1) is 6.61 Å². The van der Waals surface area contributed by atoms with Gasteiger partial charge < -0.3 is 15.2 Å². The number of allylic oxidation sites excluding steroid dienone is 2. The molecule has 2 N–H and O–H groups in total. The number of benzene rings is 1. The third-order valence-electron chi connectivity index (χ3n) is 4.63. The average Bonchev–Trinajstić information content (AvgIpc) is 2.47. The molecule has 5 nitrogen and oxygen atoms in total. The number of carbonyl (C=O) groups is 2. The van der Waals surface area contributed by atoms with Crippen LogP contribution in [-0.4, -0.2) is 23.4 Å². The number of hydrogen-bond donors (Lipinski definition) is 2. The molecule has 0 radical (unpaired) electrons. The molecule has 0 aromatic heterocycles. The lowest BCUT2D eigenvalue weighted by Crippen LogP contribution is -2.40. The topological polar surface area (TPSA) is 75.6 Å². The standard InChI is InChI=1S/C19H23NO4/c1-4-24-16-7-11(5-6-14(16)21)12-8-17(23)20-13-9-19(2,3)10-15(22)18(12)13/h5-7,12,21H,4,8-10H2,1-3H3,(H,20,23). The van der Waals surface area contributed by atoms with Crippen LogP contribution in [-0.2, 0) is 9.59 Å². The molecule has 1 aromatic carbocycles. The summed E-state index contributed by atoms with van der Waals surface area (Å²) in [7, 11) is 0. The van der Waals surface area contributed by atoms with Crippen LogP contribution in [0.1, 0.15) is 51.5 Å². The van der Waals surface area contributed by atoms with Crippen LogP contribution in [0.2, 0.25) is 0 Å². The molecule has 128 valence electrons. The van der Waals surface area contributed by atoms with Gasteiger partial charge in [-0.25, -0.2) is 0 Å². The minimum Gasteiger partial charge on any atom is -0.504 e. The van der Waals surface area contributed by atoms with Crippen molar-refractivity contribution >= 4 is 11.7 Å². The van der Waals surface area contributed by atoms with Gasteiger partial charge in [0.25, 0.3) is 0 Å². The highest BCUT2D eigenvalue weighted by Gasteiger charge is 2.40. The molecule has 2 aliphatic rings. The number of ketones is 1. The number of hydrogen-bond acceptors (Lipinski definition) is 4. The largest absolute Gasteiger partial charge is 0.504 e. The van der Waals surface area contributed by atoms with E-state index < -0.39 is 0 Å². The van der Waals surface area contributed by atoms with Gasteiger partial charge in [0, 0.05) is 30.0 Å². The van der Waals surface area contributed by atoms with Crippen LogP contribution in [0, 0.1) is 5.41 Å². The molecular formula is C19H23NO4. The SMILES string of the molecule is CCOc1cc(C2CC(=O)NC3=C2C(=O)CC(C)(C)C3)ccc1O. The Kier molecular flexibility index (Phi) is 4.11. The minimum atomic E-state index is -0.280. The van der Waals surface area contributed by atoms with E-state index in [0.717, 1.165) is 11.3 Å². The zero-order valence-electron chi connectivity index (χ0n) is 14.3. The van der Waals surface area contributed by atoms with E-state index in [4.69, 9.17) is 4.74 Å². The molecule has 1 aliphatic heterocycles. The molecule has 1 aromatic rings. The molecule has 1 heterocycles. The van der Waals surface area contributed by atoms with Crippen LogP contribution in [0.25, 0.3) is 0 Å². The van der Waals surface area contributed by atoms with Gasteiger partial charge in [-0.15, -0.1) is 0 Å². The summed E-state index contributed by atoms with van der Waals surface area (Å²) in [4.78, 5) is 24.9. The van der Waals surface area contributed by atoms with E-state index in [0.29, 0.717) is 30.8 Å². The first kappa shape index (κ1) is 16.6. The van der Waals surface area contributed by atoms with E-state index in [1.807, 2.05) is 20.8 Å². The third kappa shape index (κ3) is 3.03. The van der Waals surface area contributed by atoms with Crippen LogP contribution in [0.15, 0.2) is 29.5 Å². The molecule has 1 aliphatic carbocycles. The van der Waals surface area contributed by atoms with E-state index in [9.17, 15) is 14.7 Å². The molecule has 1 amide bonds. The first-order valence-corrected chi connectivity index (χ1v) is 8.32. The summed E-state index contributed by atoms with van der Waals surface area (Å²) in [6.07, 6.45) is 1.41. The minimum absolute atomic E-state index is 0.0613. The highest BCUT2D eigenvalue weighted by molar-refractivity contribution is 6.02. The number of aromatic hydroxyl groups is 1. The first-order valence-electron chi connectivity index (χ1n) is 8.32. The van der Waals surface area contributed by atoms with Crippen molar-refractivity contribution in [1.29, 1.82) is 0 Å². The number of Topliss-reactive ketones (excluding diaryl/α,β-unsaturated/α-hetero) is 1. The molecule has 0 saturated carbocycles. The van der Waals surface area contributed by atoms with Gasteiger partial charge in [-0.05, 0) is 36.5 Å². The molecule has 0 bridgehead atoms. The van der Waals surface area contributed by atoms with Crippen molar-refractivity contribution in [2.75, 3.05) is 6.61 Å². The molecule has 0 fully saturated rings. The average molecular weight is 329 g/mol. The maximum atomic E-state index is 12.7. The Labute approximate surface area is 141 Å². The summed E-state index contributed by atoms with van der Waals surface area (Å²) >= 11 is 0. The Morgan fingerprint density at radius 3 is 2.75 bits per heavy atom. The second kappa shape index (κ2) is 5.96. The smallest absolute Gasteiger partial charge is 0.225 e. The van der Waals surface area contributed by atoms with Crippen molar-refractivity contribution < 1.29 is 19.4 Å². The quantitative estimate of drug-likeness (QED) is 0.894. The van der Waals surface area contributed by atoms with Crippen LogP contribution in [0.5, 0.6) is 11.5 Å². The van der Waals surface area contributed by atoms with Crippen molar-refractivity contribution in [1.82, 2.24) is 5.32 Å². The van der Waals surface area contributed by atoms with E-state index in [1.165, 1.54) is 0 Å². The Bertz CT molecular complexity index is 733. The second-order valence-electron chi connectivity index (χ2n) is 7.30. The maximum Gasteiger partial charge on any atom is 0.225 e. The van der Waals surface area contributed by atoms with Crippen molar-refractivity contribution in [2.24, 2.45) is 5.41 Å². The van der Waals surface area contributed by atoms with E-state index >= 15 is 0 Å². The van der Waals surface area contributed by atoms with Gasteiger partial charge in [0.1, 0.15) is 0 Å². The lowest BCUT2D eigenvalue weighted by atomic mass is 9.70. The predicted molar refractivity (Wildman–Crippen MR) is 89.8 cm³/mol. The fourth-order valence-corrected chi connectivity index (χ4v) is 3.66. The highest BCUT2D eigenvalue weighted by Crippen LogP contribution is 2.44. The number of rotatable bonds is 3. The van der Waals surface area contributed by atoms with Gasteiger partial charge in [-0.2, -0.15) is 0 Å². The van der Waals surface area contributed by atoms with E-state index in [-0.39, 0.29) is 35.2 Å². The number of nitrogens with one attached hydrogen (secondary N) is 1. The summed E-state index contributed by atoms with van der Waals surface area (Å²) in [5.41, 5.74) is 2.15. The molecule has 24 heavy (non-hydrogen) atoms. The molecular weight excluding hydrogens is 306 g/mol. The predicted octanol–water partition coefficient (Wildman–Crippen LogP) is 3.04. The van der Waals surface area contributed by atoms with Gasteiger partial charge >= 0.3 is 0 Å². The summed E-state index contributed by atoms with van der Waals surface area (Å²) in [5, 5.41) is 12.8. The molecule has 0 saturated heterocycles. The zero-order valence-corrected chi connectivity index (χ0v) is 14.3. The monoisotopic (exact) mass is 329 g/mol. The maximum absolute atomic E-state index is 12.7. The van der Waals surface area contributed by atoms with Crippen LogP contribution in [0.4, 0.5) is 0 Å². The number of carbonyl (C=O) groups excluding carboxylic acids is 2. The van der Waals surface area contributed by atoms with Crippen LogP contribution in [0.3, 0.4) is 0 Å². The Morgan fingerprint density at radius 1 is 1.29 bits per heavy atom. The van der Waals surface area contributed by atoms with E-state index in [2.05, 4.69) is 5.32 Å².